The van der Waals surface area contributed by atoms with Crippen molar-refractivity contribution in [2.75, 3.05) is 7.11 Å². The molecule has 2 heteroatoms. The van der Waals surface area contributed by atoms with Gasteiger partial charge < -0.3 is 4.74 Å². The van der Waals surface area contributed by atoms with Crippen molar-refractivity contribution in [2.45, 2.75) is 90.1 Å². The Kier molecular flexibility index (Phi) is 7.54. The molecule has 2 aliphatic rings. The molecule has 0 radical (unpaired) electrons. The summed E-state index contributed by atoms with van der Waals surface area (Å²) >= 11 is 0. The van der Waals surface area contributed by atoms with E-state index in [0.29, 0.717) is 18.1 Å². The zero-order chi connectivity index (χ0) is 18.4. The minimum absolute atomic E-state index is 0.100. The molecule has 26 heavy (non-hydrogen) atoms. The highest BCUT2D eigenvalue weighted by atomic mass is 19.1. The maximum absolute atomic E-state index is 14.2. The van der Waals surface area contributed by atoms with Crippen LogP contribution >= 0.6 is 0 Å². The van der Waals surface area contributed by atoms with E-state index in [0.717, 1.165) is 17.8 Å². The standard InChI is InChI=1S/C24H37FO/c1-3-4-5-18-6-8-19(9-7-18)20-10-12-21(13-11-20)22-14-15-23(17-26-2)24(25)16-22/h14-16,18-21H,3-13,17H2,1-2H3/t18-,19-,20-,21-. The van der Waals surface area contributed by atoms with E-state index >= 15 is 0 Å². The SMILES string of the molecule is CCCC[C@H]1CC[C@H]([C@H]2CC[C@H](c3ccc(COC)c(F)c3)CC2)CC1. The van der Waals surface area contributed by atoms with Gasteiger partial charge in [-0.05, 0) is 73.8 Å². The van der Waals surface area contributed by atoms with Gasteiger partial charge in [-0.25, -0.2) is 4.39 Å². The molecule has 0 aromatic heterocycles. The highest BCUT2D eigenvalue weighted by molar-refractivity contribution is 5.27. The maximum Gasteiger partial charge on any atom is 0.129 e. The van der Waals surface area contributed by atoms with E-state index in [4.69, 9.17) is 4.74 Å². The summed E-state index contributed by atoms with van der Waals surface area (Å²) in [4.78, 5) is 0. The van der Waals surface area contributed by atoms with E-state index in [1.54, 1.807) is 13.2 Å². The first-order valence-electron chi connectivity index (χ1n) is 11.0. The molecule has 0 saturated heterocycles. The average Bonchev–Trinajstić information content (AvgIpc) is 2.69. The van der Waals surface area contributed by atoms with Gasteiger partial charge in [0.25, 0.3) is 0 Å². The van der Waals surface area contributed by atoms with Crippen LogP contribution in [0.25, 0.3) is 0 Å². The topological polar surface area (TPSA) is 9.23 Å². The van der Waals surface area contributed by atoms with E-state index < -0.39 is 0 Å². The first-order valence-corrected chi connectivity index (χ1v) is 11.0. The Hall–Kier alpha value is -0.890. The molecule has 0 unspecified atom stereocenters. The van der Waals surface area contributed by atoms with Crippen LogP contribution in [0.4, 0.5) is 4.39 Å². The van der Waals surface area contributed by atoms with Crippen molar-refractivity contribution < 1.29 is 9.13 Å². The minimum atomic E-state index is -0.100. The molecule has 146 valence electrons. The Bertz CT molecular complexity index is 539. The molecule has 2 saturated carbocycles. The molecule has 0 atom stereocenters. The summed E-state index contributed by atoms with van der Waals surface area (Å²) < 4.78 is 19.3. The Morgan fingerprint density at radius 1 is 0.962 bits per heavy atom. The molecule has 0 bridgehead atoms. The molecule has 0 aliphatic heterocycles. The van der Waals surface area contributed by atoms with Crippen molar-refractivity contribution in [1.29, 1.82) is 0 Å². The summed E-state index contributed by atoms with van der Waals surface area (Å²) in [5, 5.41) is 0. The van der Waals surface area contributed by atoms with Crippen molar-refractivity contribution in [1.82, 2.24) is 0 Å². The Balaban J connectivity index is 1.47. The summed E-state index contributed by atoms with van der Waals surface area (Å²) in [7, 11) is 1.62. The molecule has 0 amide bonds. The van der Waals surface area contributed by atoms with Gasteiger partial charge in [-0.15, -0.1) is 0 Å². The number of methoxy groups -OCH3 is 1. The predicted octanol–water partition coefficient (Wildman–Crippen LogP) is 7.24. The summed E-state index contributed by atoms with van der Waals surface area (Å²) in [5.74, 6) is 3.36. The molecule has 1 aromatic rings. The smallest absolute Gasteiger partial charge is 0.129 e. The highest BCUT2D eigenvalue weighted by Gasteiger charge is 2.31. The van der Waals surface area contributed by atoms with Gasteiger partial charge >= 0.3 is 0 Å². The molecule has 2 aliphatic carbocycles. The number of ether oxygens (including phenoxy) is 1. The van der Waals surface area contributed by atoms with Crippen molar-refractivity contribution in [3.63, 3.8) is 0 Å². The fraction of sp³-hybridized carbons (Fsp3) is 0.750. The Labute approximate surface area is 159 Å². The number of hydrogen-bond acceptors (Lipinski definition) is 1. The lowest BCUT2D eigenvalue weighted by atomic mass is 9.68. The highest BCUT2D eigenvalue weighted by Crippen LogP contribution is 2.44. The van der Waals surface area contributed by atoms with Crippen LogP contribution in [0.5, 0.6) is 0 Å². The fourth-order valence-corrected chi connectivity index (χ4v) is 5.46. The minimum Gasteiger partial charge on any atom is -0.380 e. The maximum atomic E-state index is 14.2. The predicted molar refractivity (Wildman–Crippen MR) is 107 cm³/mol. The molecule has 0 heterocycles. The van der Waals surface area contributed by atoms with Crippen molar-refractivity contribution in [3.8, 4) is 0 Å². The van der Waals surface area contributed by atoms with Crippen LogP contribution in [0.2, 0.25) is 0 Å². The van der Waals surface area contributed by atoms with Gasteiger partial charge in [-0.3, -0.25) is 0 Å². The normalized spacial score (nSPS) is 29.7. The average molecular weight is 361 g/mol. The van der Waals surface area contributed by atoms with Gasteiger partial charge in [-0.1, -0.05) is 51.2 Å². The first-order chi connectivity index (χ1) is 12.7. The van der Waals surface area contributed by atoms with E-state index in [-0.39, 0.29) is 5.82 Å². The zero-order valence-corrected chi connectivity index (χ0v) is 16.8. The van der Waals surface area contributed by atoms with Crippen LogP contribution in [-0.4, -0.2) is 7.11 Å². The molecule has 3 rings (SSSR count). The van der Waals surface area contributed by atoms with E-state index in [1.807, 2.05) is 6.07 Å². The molecule has 2 fully saturated rings. The van der Waals surface area contributed by atoms with Crippen molar-refractivity contribution >= 4 is 0 Å². The summed E-state index contributed by atoms with van der Waals surface area (Å²) in [6.45, 7) is 2.67. The van der Waals surface area contributed by atoms with Gasteiger partial charge in [0.1, 0.15) is 5.82 Å². The van der Waals surface area contributed by atoms with Gasteiger partial charge in [0.15, 0.2) is 0 Å². The van der Waals surface area contributed by atoms with Gasteiger partial charge in [0.05, 0.1) is 6.61 Å². The van der Waals surface area contributed by atoms with E-state index in [2.05, 4.69) is 13.0 Å². The Morgan fingerprint density at radius 2 is 1.62 bits per heavy atom. The second-order valence-corrected chi connectivity index (χ2v) is 8.82. The lowest BCUT2D eigenvalue weighted by Gasteiger charge is -2.38. The first kappa shape index (κ1) is 19.9. The zero-order valence-electron chi connectivity index (χ0n) is 16.8. The lowest BCUT2D eigenvalue weighted by molar-refractivity contribution is 0.155. The van der Waals surface area contributed by atoms with Crippen molar-refractivity contribution in [2.24, 2.45) is 17.8 Å². The summed E-state index contributed by atoms with van der Waals surface area (Å²) in [6.07, 6.45) is 15.2. The molecule has 1 aromatic carbocycles. The molecule has 0 spiro atoms. The second kappa shape index (κ2) is 9.88. The van der Waals surface area contributed by atoms with Gasteiger partial charge in [-0.2, -0.15) is 0 Å². The molecular formula is C24H37FO. The van der Waals surface area contributed by atoms with Crippen LogP contribution in [-0.2, 0) is 11.3 Å². The Morgan fingerprint density at radius 3 is 2.19 bits per heavy atom. The van der Waals surface area contributed by atoms with Crippen LogP contribution < -0.4 is 0 Å². The summed E-state index contributed by atoms with van der Waals surface area (Å²) in [6, 6.07) is 5.80. The van der Waals surface area contributed by atoms with Crippen LogP contribution in [0.3, 0.4) is 0 Å². The van der Waals surface area contributed by atoms with Crippen LogP contribution in [0, 0.1) is 23.6 Å². The van der Waals surface area contributed by atoms with Crippen LogP contribution in [0.1, 0.15) is 94.6 Å². The van der Waals surface area contributed by atoms with Gasteiger partial charge in [0, 0.05) is 12.7 Å². The molecule has 0 N–H and O–H groups in total. The molecular weight excluding hydrogens is 323 g/mol. The van der Waals surface area contributed by atoms with E-state index in [9.17, 15) is 4.39 Å². The number of hydrogen-bond donors (Lipinski definition) is 0. The third kappa shape index (κ3) is 5.09. The van der Waals surface area contributed by atoms with E-state index in [1.165, 1.54) is 76.2 Å². The number of benzene rings is 1. The number of rotatable bonds is 7. The second-order valence-electron chi connectivity index (χ2n) is 8.82. The quantitative estimate of drug-likeness (QED) is 0.498. The summed E-state index contributed by atoms with van der Waals surface area (Å²) in [5.41, 5.74) is 1.87. The third-order valence-electron chi connectivity index (χ3n) is 7.14. The van der Waals surface area contributed by atoms with Gasteiger partial charge in [0.2, 0.25) is 0 Å². The third-order valence-corrected chi connectivity index (χ3v) is 7.14. The van der Waals surface area contributed by atoms with Crippen molar-refractivity contribution in [3.05, 3.63) is 35.1 Å². The molecule has 1 nitrogen and oxygen atoms in total. The number of halogens is 1. The van der Waals surface area contributed by atoms with Crippen LogP contribution in [0.15, 0.2) is 18.2 Å². The largest absolute Gasteiger partial charge is 0.380 e. The monoisotopic (exact) mass is 360 g/mol. The fourth-order valence-electron chi connectivity index (χ4n) is 5.46. The number of unbranched alkanes of at least 4 members (excludes halogenated alkanes) is 1. The lowest BCUT2D eigenvalue weighted by Crippen LogP contribution is -2.25.